The van der Waals surface area contributed by atoms with Crippen LogP contribution in [-0.4, -0.2) is 17.0 Å². The second-order valence-electron chi connectivity index (χ2n) is 3.63. The lowest BCUT2D eigenvalue weighted by atomic mass is 10.3. The Morgan fingerprint density at radius 2 is 2.06 bits per heavy atom. The monoisotopic (exact) mass is 229 g/mol. The molecule has 0 saturated carbocycles. The maximum atomic E-state index is 5.58. The molecule has 4 heteroatoms. The van der Waals surface area contributed by atoms with Crippen LogP contribution in [0.3, 0.4) is 0 Å². The van der Waals surface area contributed by atoms with Gasteiger partial charge in [-0.1, -0.05) is 6.07 Å². The Labute approximate surface area is 101 Å². The van der Waals surface area contributed by atoms with E-state index < -0.39 is 0 Å². The molecule has 0 bridgehead atoms. The number of ether oxygens (including phenoxy) is 1. The average molecular weight is 229 g/mol. The zero-order chi connectivity index (χ0) is 11.9. The van der Waals surface area contributed by atoms with E-state index in [-0.39, 0.29) is 0 Å². The summed E-state index contributed by atoms with van der Waals surface area (Å²) in [5.74, 6) is 0.760. The number of hydrogen-bond acceptors (Lipinski definition) is 4. The lowest BCUT2D eigenvalue weighted by Crippen LogP contribution is -2.06. The van der Waals surface area contributed by atoms with Crippen LogP contribution in [0.2, 0.25) is 0 Å². The molecular formula is C13H15N3O. The fourth-order valence-corrected chi connectivity index (χ4v) is 1.42. The van der Waals surface area contributed by atoms with E-state index in [1.807, 2.05) is 37.4 Å². The number of rotatable bonds is 5. The molecule has 0 aromatic carbocycles. The number of aromatic nitrogens is 2. The van der Waals surface area contributed by atoms with Crippen molar-refractivity contribution in [1.82, 2.24) is 15.3 Å². The van der Waals surface area contributed by atoms with Crippen molar-refractivity contribution in [3.05, 3.63) is 54.1 Å². The predicted molar refractivity (Wildman–Crippen MR) is 65.6 cm³/mol. The normalized spacial score (nSPS) is 10.2. The van der Waals surface area contributed by atoms with E-state index in [0.29, 0.717) is 6.61 Å². The molecule has 0 fully saturated rings. The van der Waals surface area contributed by atoms with Gasteiger partial charge in [-0.25, -0.2) is 0 Å². The van der Waals surface area contributed by atoms with E-state index >= 15 is 0 Å². The molecule has 2 heterocycles. The molecule has 17 heavy (non-hydrogen) atoms. The van der Waals surface area contributed by atoms with E-state index in [1.54, 1.807) is 12.4 Å². The first-order valence-electron chi connectivity index (χ1n) is 5.51. The molecule has 88 valence electrons. The first-order valence-corrected chi connectivity index (χ1v) is 5.51. The quantitative estimate of drug-likeness (QED) is 0.849. The summed E-state index contributed by atoms with van der Waals surface area (Å²) in [5, 5.41) is 3.05. The van der Waals surface area contributed by atoms with Gasteiger partial charge in [0, 0.05) is 12.7 Å². The van der Waals surface area contributed by atoms with Crippen LogP contribution in [0.25, 0.3) is 0 Å². The van der Waals surface area contributed by atoms with Crippen LogP contribution in [0.1, 0.15) is 11.4 Å². The van der Waals surface area contributed by atoms with Gasteiger partial charge < -0.3 is 10.1 Å². The number of pyridine rings is 2. The zero-order valence-corrected chi connectivity index (χ0v) is 9.76. The van der Waals surface area contributed by atoms with Crippen LogP contribution >= 0.6 is 0 Å². The smallest absolute Gasteiger partial charge is 0.138 e. The van der Waals surface area contributed by atoms with E-state index in [4.69, 9.17) is 4.74 Å². The molecule has 2 aromatic rings. The average Bonchev–Trinajstić information content (AvgIpc) is 2.40. The second-order valence-corrected chi connectivity index (χ2v) is 3.63. The van der Waals surface area contributed by atoms with Crippen molar-refractivity contribution in [3.8, 4) is 5.75 Å². The molecule has 2 aromatic heterocycles. The summed E-state index contributed by atoms with van der Waals surface area (Å²) in [4.78, 5) is 8.46. The van der Waals surface area contributed by atoms with Gasteiger partial charge in [0.25, 0.3) is 0 Å². The highest BCUT2D eigenvalue weighted by molar-refractivity contribution is 5.20. The zero-order valence-electron chi connectivity index (χ0n) is 9.76. The van der Waals surface area contributed by atoms with Gasteiger partial charge in [-0.15, -0.1) is 0 Å². The minimum absolute atomic E-state index is 0.466. The molecule has 0 unspecified atom stereocenters. The van der Waals surface area contributed by atoms with Crippen molar-refractivity contribution in [1.29, 1.82) is 0 Å². The Morgan fingerprint density at radius 3 is 2.71 bits per heavy atom. The van der Waals surface area contributed by atoms with Gasteiger partial charge in [0.1, 0.15) is 12.4 Å². The molecule has 2 rings (SSSR count). The van der Waals surface area contributed by atoms with Crippen LogP contribution in [0, 0.1) is 0 Å². The van der Waals surface area contributed by atoms with Crippen LogP contribution in [0.15, 0.2) is 42.7 Å². The molecule has 0 aliphatic rings. The Kier molecular flexibility index (Phi) is 4.05. The van der Waals surface area contributed by atoms with Crippen molar-refractivity contribution in [3.63, 3.8) is 0 Å². The van der Waals surface area contributed by atoms with Gasteiger partial charge in [-0.05, 0) is 31.3 Å². The lowest BCUT2D eigenvalue weighted by molar-refractivity contribution is 0.300. The summed E-state index contributed by atoms with van der Waals surface area (Å²) in [7, 11) is 1.90. The Balaban J connectivity index is 1.91. The lowest BCUT2D eigenvalue weighted by Gasteiger charge is -2.06. The summed E-state index contributed by atoms with van der Waals surface area (Å²) < 4.78 is 5.58. The van der Waals surface area contributed by atoms with Gasteiger partial charge in [0.15, 0.2) is 0 Å². The SMILES string of the molecule is CNCc1ccc(OCc2ccccn2)cn1. The van der Waals surface area contributed by atoms with Crippen molar-refractivity contribution >= 4 is 0 Å². The topological polar surface area (TPSA) is 47.0 Å². The number of nitrogens with one attached hydrogen (secondary N) is 1. The highest BCUT2D eigenvalue weighted by Gasteiger charge is 1.97. The van der Waals surface area contributed by atoms with Crippen LogP contribution in [0.5, 0.6) is 5.75 Å². The van der Waals surface area contributed by atoms with Gasteiger partial charge in [0.05, 0.1) is 17.6 Å². The minimum Gasteiger partial charge on any atom is -0.486 e. The van der Waals surface area contributed by atoms with E-state index in [9.17, 15) is 0 Å². The van der Waals surface area contributed by atoms with E-state index in [0.717, 1.165) is 23.7 Å². The third kappa shape index (κ3) is 3.53. The Bertz CT molecular complexity index is 442. The first-order chi connectivity index (χ1) is 8.38. The molecule has 0 saturated heterocycles. The molecule has 0 amide bonds. The maximum absolute atomic E-state index is 5.58. The van der Waals surface area contributed by atoms with Gasteiger partial charge >= 0.3 is 0 Å². The van der Waals surface area contributed by atoms with Gasteiger partial charge in [0.2, 0.25) is 0 Å². The molecule has 4 nitrogen and oxygen atoms in total. The van der Waals surface area contributed by atoms with Crippen LogP contribution in [0.4, 0.5) is 0 Å². The second kappa shape index (κ2) is 5.96. The van der Waals surface area contributed by atoms with Crippen molar-refractivity contribution < 1.29 is 4.74 Å². The molecule has 1 N–H and O–H groups in total. The van der Waals surface area contributed by atoms with Gasteiger partial charge in [-0.3, -0.25) is 9.97 Å². The molecule has 0 spiro atoms. The fourth-order valence-electron chi connectivity index (χ4n) is 1.42. The van der Waals surface area contributed by atoms with Gasteiger partial charge in [-0.2, -0.15) is 0 Å². The van der Waals surface area contributed by atoms with E-state index in [1.165, 1.54) is 0 Å². The fraction of sp³-hybridized carbons (Fsp3) is 0.231. The summed E-state index contributed by atoms with van der Waals surface area (Å²) >= 11 is 0. The molecule has 0 radical (unpaired) electrons. The first kappa shape index (κ1) is 11.5. The van der Waals surface area contributed by atoms with Crippen LogP contribution < -0.4 is 10.1 Å². The molecule has 0 atom stereocenters. The summed E-state index contributed by atoms with van der Waals surface area (Å²) in [5.41, 5.74) is 1.91. The number of nitrogens with zero attached hydrogens (tertiary/aromatic N) is 2. The summed E-state index contributed by atoms with van der Waals surface area (Å²) in [6.45, 7) is 1.23. The standard InChI is InChI=1S/C13H15N3O/c1-14-8-11-5-6-13(9-16-11)17-10-12-4-2-3-7-15-12/h2-7,9,14H,8,10H2,1H3. The largest absolute Gasteiger partial charge is 0.486 e. The third-order valence-corrected chi connectivity index (χ3v) is 2.27. The number of hydrogen-bond donors (Lipinski definition) is 1. The predicted octanol–water partition coefficient (Wildman–Crippen LogP) is 1.77. The van der Waals surface area contributed by atoms with Crippen molar-refractivity contribution in [2.45, 2.75) is 13.2 Å². The maximum Gasteiger partial charge on any atom is 0.138 e. The van der Waals surface area contributed by atoms with E-state index in [2.05, 4.69) is 15.3 Å². The van der Waals surface area contributed by atoms with Crippen LogP contribution in [-0.2, 0) is 13.2 Å². The molecule has 0 aliphatic heterocycles. The Hall–Kier alpha value is -1.94. The molecular weight excluding hydrogens is 214 g/mol. The highest BCUT2D eigenvalue weighted by Crippen LogP contribution is 2.10. The molecule has 0 aliphatic carbocycles. The Morgan fingerprint density at radius 1 is 1.12 bits per heavy atom. The highest BCUT2D eigenvalue weighted by atomic mass is 16.5. The minimum atomic E-state index is 0.466. The third-order valence-electron chi connectivity index (χ3n) is 2.27. The summed E-state index contributed by atoms with van der Waals surface area (Å²) in [6.07, 6.45) is 3.49. The van der Waals surface area contributed by atoms with Crippen molar-refractivity contribution in [2.24, 2.45) is 0 Å². The van der Waals surface area contributed by atoms with Crippen molar-refractivity contribution in [2.75, 3.05) is 7.05 Å². The summed E-state index contributed by atoms with van der Waals surface area (Å²) in [6, 6.07) is 9.63.